The van der Waals surface area contributed by atoms with Crippen LogP contribution < -0.4 is 5.32 Å². The Hall–Kier alpha value is -2.88. The number of ether oxygens (including phenoxy) is 1. The van der Waals surface area contributed by atoms with Gasteiger partial charge < -0.3 is 14.6 Å². The summed E-state index contributed by atoms with van der Waals surface area (Å²) in [6, 6.07) is 14.0. The number of amides is 1. The van der Waals surface area contributed by atoms with Crippen molar-refractivity contribution in [2.45, 2.75) is 26.0 Å². The van der Waals surface area contributed by atoms with Crippen LogP contribution in [-0.4, -0.2) is 17.1 Å². The summed E-state index contributed by atoms with van der Waals surface area (Å²) in [6.07, 6.45) is 0. The second-order valence-corrected chi connectivity index (χ2v) is 7.38. The van der Waals surface area contributed by atoms with E-state index in [1.807, 2.05) is 54.1 Å². The van der Waals surface area contributed by atoms with Gasteiger partial charge in [-0.2, -0.15) is 16.6 Å². The summed E-state index contributed by atoms with van der Waals surface area (Å²) in [5.74, 6) is -0.161. The number of carbonyl (C=O) groups excluding carboxylic acids is 1. The quantitative estimate of drug-likeness (QED) is 0.738. The van der Waals surface area contributed by atoms with E-state index in [1.165, 1.54) is 0 Å². The number of nitriles is 1. The molecule has 0 aliphatic carbocycles. The van der Waals surface area contributed by atoms with E-state index in [-0.39, 0.29) is 12.5 Å². The maximum absolute atomic E-state index is 12.1. The minimum Gasteiger partial charge on any atom is -0.356 e. The van der Waals surface area contributed by atoms with Gasteiger partial charge >= 0.3 is 0 Å². The van der Waals surface area contributed by atoms with E-state index in [1.54, 1.807) is 11.3 Å². The molecule has 1 aromatic carbocycles. The number of nitrogens with zero attached hydrogens (tertiary/aromatic N) is 2. The zero-order valence-electron chi connectivity index (χ0n) is 15.2. The Morgan fingerprint density at radius 2 is 2.19 bits per heavy atom. The van der Waals surface area contributed by atoms with Crippen molar-refractivity contribution in [1.29, 1.82) is 5.26 Å². The Balaban J connectivity index is 1.91. The molecule has 1 aliphatic heterocycles. The van der Waals surface area contributed by atoms with Crippen LogP contribution in [0.2, 0.25) is 0 Å². The number of nitrogens with one attached hydrogen (secondary N) is 1. The average molecular weight is 377 g/mol. The Morgan fingerprint density at radius 3 is 2.89 bits per heavy atom. The van der Waals surface area contributed by atoms with Gasteiger partial charge in [-0.3, -0.25) is 4.79 Å². The largest absolute Gasteiger partial charge is 0.356 e. The van der Waals surface area contributed by atoms with E-state index >= 15 is 0 Å². The molecule has 1 amide bonds. The van der Waals surface area contributed by atoms with Crippen LogP contribution in [0, 0.1) is 11.3 Å². The van der Waals surface area contributed by atoms with Crippen molar-refractivity contribution in [3.63, 3.8) is 0 Å². The summed E-state index contributed by atoms with van der Waals surface area (Å²) in [6.45, 7) is 4.72. The molecule has 0 fully saturated rings. The number of hydrogen-bond donors (Lipinski definition) is 1. The molecule has 1 aliphatic rings. The fraction of sp³-hybridized carbons (Fsp3) is 0.238. The first kappa shape index (κ1) is 17.5. The Kier molecular flexibility index (Phi) is 4.34. The molecule has 0 bridgehead atoms. The lowest BCUT2D eigenvalue weighted by Crippen LogP contribution is -2.27. The van der Waals surface area contributed by atoms with Gasteiger partial charge in [0.25, 0.3) is 0 Å². The zero-order chi connectivity index (χ0) is 19.0. The predicted octanol–water partition coefficient (Wildman–Crippen LogP) is 4.34. The maximum Gasteiger partial charge on any atom is 0.250 e. The van der Waals surface area contributed by atoms with Crippen LogP contribution in [0.15, 0.2) is 47.2 Å². The van der Waals surface area contributed by atoms with Crippen LogP contribution in [-0.2, 0) is 21.7 Å². The number of carbonyl (C=O) groups is 1. The minimum absolute atomic E-state index is 0.000275. The lowest BCUT2D eigenvalue weighted by atomic mass is 9.87. The molecule has 6 heteroatoms. The monoisotopic (exact) mass is 377 g/mol. The zero-order valence-corrected chi connectivity index (χ0v) is 16.0. The van der Waals surface area contributed by atoms with Gasteiger partial charge in [0.2, 0.25) is 5.91 Å². The van der Waals surface area contributed by atoms with Crippen molar-refractivity contribution in [3.8, 4) is 17.3 Å². The molecule has 3 heterocycles. The van der Waals surface area contributed by atoms with Crippen molar-refractivity contribution in [1.82, 2.24) is 4.57 Å². The number of benzene rings is 1. The molecule has 5 nitrogen and oxygen atoms in total. The van der Waals surface area contributed by atoms with Crippen LogP contribution in [0.25, 0.3) is 11.3 Å². The van der Waals surface area contributed by atoms with Crippen molar-refractivity contribution >= 4 is 22.9 Å². The summed E-state index contributed by atoms with van der Waals surface area (Å²) in [4.78, 5) is 12.1. The Labute approximate surface area is 161 Å². The van der Waals surface area contributed by atoms with Gasteiger partial charge in [0.05, 0.1) is 0 Å². The molecule has 136 valence electrons. The molecule has 3 aromatic rings. The molecule has 1 unspecified atom stereocenters. The number of hydrogen-bond acceptors (Lipinski definition) is 4. The third-order valence-corrected chi connectivity index (χ3v) is 5.76. The summed E-state index contributed by atoms with van der Waals surface area (Å²) >= 11 is 1.60. The van der Waals surface area contributed by atoms with Gasteiger partial charge in [0, 0.05) is 23.5 Å². The van der Waals surface area contributed by atoms with Gasteiger partial charge in [0.1, 0.15) is 24.0 Å². The van der Waals surface area contributed by atoms with Crippen molar-refractivity contribution < 1.29 is 9.53 Å². The molecule has 0 radical (unpaired) electrons. The van der Waals surface area contributed by atoms with Crippen LogP contribution in [0.5, 0.6) is 0 Å². The molecule has 0 saturated carbocycles. The third kappa shape index (κ3) is 2.85. The number of fused-ring (bicyclic) bond motifs is 1. The van der Waals surface area contributed by atoms with Crippen molar-refractivity contribution in [2.24, 2.45) is 0 Å². The Bertz CT molecular complexity index is 1050. The van der Waals surface area contributed by atoms with Crippen LogP contribution in [0.4, 0.5) is 5.69 Å². The summed E-state index contributed by atoms with van der Waals surface area (Å²) in [5.41, 5.74) is 4.54. The second-order valence-electron chi connectivity index (χ2n) is 6.60. The van der Waals surface area contributed by atoms with E-state index in [4.69, 9.17) is 4.74 Å². The highest BCUT2D eigenvalue weighted by atomic mass is 32.1. The lowest BCUT2D eigenvalue weighted by molar-refractivity contribution is -0.124. The normalized spacial score (nSPS) is 19.1. The number of anilines is 1. The fourth-order valence-electron chi connectivity index (χ4n) is 3.61. The highest BCUT2D eigenvalue weighted by Gasteiger charge is 2.36. The van der Waals surface area contributed by atoms with Crippen molar-refractivity contribution in [2.75, 3.05) is 11.9 Å². The first-order valence-corrected chi connectivity index (χ1v) is 9.72. The number of thiophene rings is 1. The van der Waals surface area contributed by atoms with Gasteiger partial charge in [-0.1, -0.05) is 6.07 Å². The lowest BCUT2D eigenvalue weighted by Gasteiger charge is -2.29. The van der Waals surface area contributed by atoms with Crippen LogP contribution >= 0.6 is 11.3 Å². The third-order valence-electron chi connectivity index (χ3n) is 5.08. The molecular weight excluding hydrogens is 358 g/mol. The molecule has 4 rings (SSSR count). The van der Waals surface area contributed by atoms with Gasteiger partial charge in [0.15, 0.2) is 0 Å². The molecular formula is C21H19N3O2S. The molecule has 27 heavy (non-hydrogen) atoms. The van der Waals surface area contributed by atoms with Crippen molar-refractivity contribution in [3.05, 3.63) is 64.0 Å². The van der Waals surface area contributed by atoms with Gasteiger partial charge in [-0.05, 0) is 66.1 Å². The summed E-state index contributed by atoms with van der Waals surface area (Å²) in [7, 11) is 0. The summed E-state index contributed by atoms with van der Waals surface area (Å²) < 4.78 is 8.07. The SMILES string of the molecule is CCn1c(C#N)ccc1-c1ccc2c(c1)C(C)(c1ccsc1)OCC(=O)N2. The van der Waals surface area contributed by atoms with E-state index in [0.29, 0.717) is 12.2 Å². The van der Waals surface area contributed by atoms with Gasteiger partial charge in [-0.15, -0.1) is 0 Å². The first-order chi connectivity index (χ1) is 13.1. The highest BCUT2D eigenvalue weighted by Crippen LogP contribution is 2.42. The molecule has 0 saturated heterocycles. The average Bonchev–Trinajstić information content (AvgIpc) is 3.33. The fourth-order valence-corrected chi connectivity index (χ4v) is 4.37. The second kappa shape index (κ2) is 6.69. The van der Waals surface area contributed by atoms with E-state index in [9.17, 15) is 10.1 Å². The maximum atomic E-state index is 12.1. The predicted molar refractivity (Wildman–Crippen MR) is 106 cm³/mol. The van der Waals surface area contributed by atoms with E-state index in [0.717, 1.165) is 28.1 Å². The van der Waals surface area contributed by atoms with Crippen LogP contribution in [0.3, 0.4) is 0 Å². The standard InChI is InChI=1S/C21H19N3O2S/c1-3-24-16(11-22)5-7-19(24)14-4-6-18-17(10-14)21(2,15-8-9-27-13-15)26-12-20(25)23-18/h4-10,13H,3,12H2,1-2H3,(H,23,25). The summed E-state index contributed by atoms with van der Waals surface area (Å²) in [5, 5.41) is 16.3. The first-order valence-electron chi connectivity index (χ1n) is 8.78. The van der Waals surface area contributed by atoms with E-state index in [2.05, 4.69) is 22.8 Å². The van der Waals surface area contributed by atoms with Gasteiger partial charge in [-0.25, -0.2) is 0 Å². The highest BCUT2D eigenvalue weighted by molar-refractivity contribution is 7.08. The van der Waals surface area contributed by atoms with E-state index < -0.39 is 5.60 Å². The molecule has 1 N–H and O–H groups in total. The van der Waals surface area contributed by atoms with Crippen LogP contribution in [0.1, 0.15) is 30.7 Å². The topological polar surface area (TPSA) is 67.0 Å². The Morgan fingerprint density at radius 1 is 1.33 bits per heavy atom. The minimum atomic E-state index is -0.730. The molecule has 2 aromatic heterocycles. The molecule has 0 spiro atoms. The number of rotatable bonds is 3. The smallest absolute Gasteiger partial charge is 0.250 e. The number of aromatic nitrogens is 1. The molecule has 1 atom stereocenters.